The van der Waals surface area contributed by atoms with E-state index in [0.717, 1.165) is 0 Å². The minimum absolute atomic E-state index is 0.324. The molecule has 0 spiro atoms. The van der Waals surface area contributed by atoms with E-state index in [1.165, 1.54) is 20.3 Å². The summed E-state index contributed by atoms with van der Waals surface area (Å²) in [5, 5.41) is 11.5. The molecule has 2 N–H and O–H groups in total. The van der Waals surface area contributed by atoms with Crippen molar-refractivity contribution < 1.29 is 24.2 Å². The lowest BCUT2D eigenvalue weighted by Crippen LogP contribution is -2.40. The number of carboxylic acid groups (broad SMARTS) is 1. The molecule has 6 nitrogen and oxygen atoms in total. The second-order valence-electron chi connectivity index (χ2n) is 4.22. The lowest BCUT2D eigenvalue weighted by molar-refractivity contribution is -0.139. The summed E-state index contributed by atoms with van der Waals surface area (Å²) in [7, 11) is 2.97. The van der Waals surface area contributed by atoms with Crippen LogP contribution in [0.5, 0.6) is 11.5 Å². The van der Waals surface area contributed by atoms with Crippen molar-refractivity contribution in [3.63, 3.8) is 0 Å². The number of carbonyl (C=O) groups excluding carboxylic acids is 1. The second-order valence-corrected chi connectivity index (χ2v) is 4.22. The Morgan fingerprint density at radius 1 is 1.25 bits per heavy atom. The Labute approximate surface area is 117 Å². The third-order valence-corrected chi connectivity index (χ3v) is 2.83. The maximum absolute atomic E-state index is 12.0. The molecule has 0 saturated heterocycles. The molecule has 0 radical (unpaired) electrons. The quantitative estimate of drug-likeness (QED) is 0.794. The first-order chi connectivity index (χ1) is 9.53. The second kappa shape index (κ2) is 7.37. The van der Waals surface area contributed by atoms with E-state index in [1.807, 2.05) is 6.92 Å². The van der Waals surface area contributed by atoms with E-state index in [0.29, 0.717) is 29.9 Å². The van der Waals surface area contributed by atoms with E-state index >= 15 is 0 Å². The van der Waals surface area contributed by atoms with Crippen LogP contribution in [0.1, 0.15) is 30.1 Å². The molecule has 0 saturated carbocycles. The van der Waals surface area contributed by atoms with Gasteiger partial charge in [-0.25, -0.2) is 4.79 Å². The zero-order chi connectivity index (χ0) is 15.1. The molecule has 0 aliphatic carbocycles. The van der Waals surface area contributed by atoms with Crippen molar-refractivity contribution in [3.05, 3.63) is 23.8 Å². The van der Waals surface area contributed by atoms with Crippen molar-refractivity contribution in [1.29, 1.82) is 0 Å². The van der Waals surface area contributed by atoms with Crippen LogP contribution in [0.2, 0.25) is 0 Å². The molecular weight excluding hydrogens is 262 g/mol. The number of nitrogens with one attached hydrogen (secondary N) is 1. The van der Waals surface area contributed by atoms with E-state index in [4.69, 9.17) is 14.6 Å². The fourth-order valence-corrected chi connectivity index (χ4v) is 1.77. The number of ether oxygens (including phenoxy) is 2. The Hall–Kier alpha value is -2.24. The molecular formula is C14H19NO5. The zero-order valence-electron chi connectivity index (χ0n) is 11.8. The van der Waals surface area contributed by atoms with Gasteiger partial charge in [-0.15, -0.1) is 0 Å². The standard InChI is InChI=1S/C14H19NO5/c1-4-5-10(14(17)18)15-13(16)9-6-7-11(19-2)12(8-9)20-3/h6-8,10H,4-5H2,1-3H3,(H,15,16)(H,17,18). The fourth-order valence-electron chi connectivity index (χ4n) is 1.77. The van der Waals surface area contributed by atoms with Crippen LogP contribution >= 0.6 is 0 Å². The molecule has 6 heteroatoms. The van der Waals surface area contributed by atoms with E-state index in [9.17, 15) is 9.59 Å². The minimum atomic E-state index is -1.04. The Morgan fingerprint density at radius 3 is 2.40 bits per heavy atom. The first-order valence-corrected chi connectivity index (χ1v) is 6.29. The number of hydrogen-bond donors (Lipinski definition) is 2. The molecule has 1 amide bonds. The van der Waals surface area contributed by atoms with Gasteiger partial charge in [-0.3, -0.25) is 4.79 Å². The molecule has 0 bridgehead atoms. The number of rotatable bonds is 7. The Bertz CT molecular complexity index is 486. The van der Waals surface area contributed by atoms with Crippen LogP contribution < -0.4 is 14.8 Å². The summed E-state index contributed by atoms with van der Waals surface area (Å²) in [6, 6.07) is 3.78. The Balaban J connectivity index is 2.89. The van der Waals surface area contributed by atoms with Crippen LogP contribution in [0.25, 0.3) is 0 Å². The van der Waals surface area contributed by atoms with Crippen molar-refractivity contribution in [1.82, 2.24) is 5.32 Å². The van der Waals surface area contributed by atoms with E-state index in [1.54, 1.807) is 12.1 Å². The van der Waals surface area contributed by atoms with Gasteiger partial charge < -0.3 is 19.9 Å². The monoisotopic (exact) mass is 281 g/mol. The smallest absolute Gasteiger partial charge is 0.326 e. The van der Waals surface area contributed by atoms with Crippen LogP contribution in [-0.4, -0.2) is 37.2 Å². The van der Waals surface area contributed by atoms with E-state index in [-0.39, 0.29) is 0 Å². The highest BCUT2D eigenvalue weighted by molar-refractivity contribution is 5.97. The number of benzene rings is 1. The van der Waals surface area contributed by atoms with Crippen molar-refractivity contribution in [2.24, 2.45) is 0 Å². The average molecular weight is 281 g/mol. The number of amides is 1. The highest BCUT2D eigenvalue weighted by Crippen LogP contribution is 2.27. The molecule has 0 fully saturated rings. The fraction of sp³-hybridized carbons (Fsp3) is 0.429. The average Bonchev–Trinajstić information content (AvgIpc) is 2.45. The predicted molar refractivity (Wildman–Crippen MR) is 73.3 cm³/mol. The molecule has 0 aliphatic rings. The van der Waals surface area contributed by atoms with Gasteiger partial charge in [0.1, 0.15) is 6.04 Å². The van der Waals surface area contributed by atoms with Gasteiger partial charge in [-0.05, 0) is 24.6 Å². The number of methoxy groups -OCH3 is 2. The third kappa shape index (κ3) is 3.88. The predicted octanol–water partition coefficient (Wildman–Crippen LogP) is 1.69. The highest BCUT2D eigenvalue weighted by atomic mass is 16.5. The van der Waals surface area contributed by atoms with Crippen LogP contribution in [0.3, 0.4) is 0 Å². The Kier molecular flexibility index (Phi) is 5.83. The molecule has 0 heterocycles. The number of carboxylic acids is 1. The van der Waals surface area contributed by atoms with Gasteiger partial charge in [0.05, 0.1) is 14.2 Å². The molecule has 0 aliphatic heterocycles. The maximum atomic E-state index is 12.0. The van der Waals surface area contributed by atoms with Gasteiger partial charge >= 0.3 is 5.97 Å². The largest absolute Gasteiger partial charge is 0.493 e. The van der Waals surface area contributed by atoms with Gasteiger partial charge in [0.25, 0.3) is 5.91 Å². The maximum Gasteiger partial charge on any atom is 0.326 e. The summed E-state index contributed by atoms with van der Waals surface area (Å²) in [5.41, 5.74) is 0.324. The zero-order valence-corrected chi connectivity index (χ0v) is 11.8. The van der Waals surface area contributed by atoms with Crippen LogP contribution in [-0.2, 0) is 4.79 Å². The van der Waals surface area contributed by atoms with Crippen LogP contribution in [0.15, 0.2) is 18.2 Å². The van der Waals surface area contributed by atoms with Crippen molar-refractivity contribution in [2.75, 3.05) is 14.2 Å². The number of aliphatic carboxylic acids is 1. The Morgan fingerprint density at radius 2 is 1.90 bits per heavy atom. The molecule has 110 valence electrons. The molecule has 1 rings (SSSR count). The van der Waals surface area contributed by atoms with Gasteiger partial charge in [0, 0.05) is 5.56 Å². The summed E-state index contributed by atoms with van der Waals surface area (Å²) in [6.45, 7) is 1.86. The summed E-state index contributed by atoms with van der Waals surface area (Å²) in [6.07, 6.45) is 1.05. The van der Waals surface area contributed by atoms with Crippen LogP contribution in [0, 0.1) is 0 Å². The summed E-state index contributed by atoms with van der Waals surface area (Å²) in [5.74, 6) is -0.567. The minimum Gasteiger partial charge on any atom is -0.493 e. The lowest BCUT2D eigenvalue weighted by atomic mass is 10.1. The highest BCUT2D eigenvalue weighted by Gasteiger charge is 2.20. The molecule has 1 atom stereocenters. The van der Waals surface area contributed by atoms with Gasteiger partial charge in [-0.2, -0.15) is 0 Å². The molecule has 1 aromatic rings. The molecule has 0 aromatic heterocycles. The summed E-state index contributed by atoms with van der Waals surface area (Å²) in [4.78, 5) is 23.1. The number of carbonyl (C=O) groups is 2. The normalized spacial score (nSPS) is 11.6. The topological polar surface area (TPSA) is 84.9 Å². The third-order valence-electron chi connectivity index (χ3n) is 2.83. The van der Waals surface area contributed by atoms with Crippen molar-refractivity contribution >= 4 is 11.9 Å². The first kappa shape index (κ1) is 15.8. The van der Waals surface area contributed by atoms with Gasteiger partial charge in [0.2, 0.25) is 0 Å². The summed E-state index contributed by atoms with van der Waals surface area (Å²) < 4.78 is 10.2. The van der Waals surface area contributed by atoms with E-state index < -0.39 is 17.9 Å². The van der Waals surface area contributed by atoms with Gasteiger partial charge in [-0.1, -0.05) is 13.3 Å². The molecule has 1 aromatic carbocycles. The molecule has 1 unspecified atom stereocenters. The molecule has 20 heavy (non-hydrogen) atoms. The number of hydrogen-bond acceptors (Lipinski definition) is 4. The van der Waals surface area contributed by atoms with Crippen molar-refractivity contribution in [3.8, 4) is 11.5 Å². The van der Waals surface area contributed by atoms with Crippen LogP contribution in [0.4, 0.5) is 0 Å². The summed E-state index contributed by atoms with van der Waals surface area (Å²) >= 11 is 0. The van der Waals surface area contributed by atoms with E-state index in [2.05, 4.69) is 5.32 Å². The lowest BCUT2D eigenvalue weighted by Gasteiger charge is -2.14. The SMILES string of the molecule is CCCC(NC(=O)c1ccc(OC)c(OC)c1)C(=O)O. The van der Waals surface area contributed by atoms with Gasteiger partial charge in [0.15, 0.2) is 11.5 Å². The first-order valence-electron chi connectivity index (χ1n) is 6.29. The van der Waals surface area contributed by atoms with Crippen molar-refractivity contribution in [2.45, 2.75) is 25.8 Å².